The molecule has 0 saturated heterocycles. The first-order valence-corrected chi connectivity index (χ1v) is 7.94. The molecule has 0 aliphatic rings. The monoisotopic (exact) mass is 370 g/mol. The van der Waals surface area contributed by atoms with Crippen LogP contribution >= 0.6 is 0 Å². The number of nitrogens with zero attached hydrogens (tertiary/aromatic N) is 1. The molecule has 2 atom stereocenters. The van der Waals surface area contributed by atoms with E-state index in [4.69, 9.17) is 4.74 Å². The number of rotatable bonds is 8. The molecule has 1 aromatic heterocycles. The summed E-state index contributed by atoms with van der Waals surface area (Å²) in [5.74, 6) is -3.08. The lowest BCUT2D eigenvalue weighted by atomic mass is 10.1. The molecule has 0 saturated carbocycles. The fourth-order valence-corrected chi connectivity index (χ4v) is 1.91. The Morgan fingerprint density at radius 3 is 2.42 bits per heavy atom. The summed E-state index contributed by atoms with van der Waals surface area (Å²) in [5.41, 5.74) is -0.783. The summed E-state index contributed by atoms with van der Waals surface area (Å²) in [5, 5.41) is 4.63. The molecule has 0 aromatic carbocycles. The zero-order valence-electron chi connectivity index (χ0n) is 15.1. The molecule has 0 bridgehead atoms. The first-order valence-electron chi connectivity index (χ1n) is 7.94. The van der Waals surface area contributed by atoms with Crippen LogP contribution < -0.4 is 10.6 Å². The van der Waals surface area contributed by atoms with Gasteiger partial charge in [-0.1, -0.05) is 0 Å². The van der Waals surface area contributed by atoms with Crippen LogP contribution in [0, 0.1) is 0 Å². The molecule has 1 aromatic rings. The van der Waals surface area contributed by atoms with Crippen molar-refractivity contribution in [1.29, 1.82) is 0 Å². The van der Waals surface area contributed by atoms with Crippen molar-refractivity contribution in [1.82, 2.24) is 20.6 Å². The molecule has 9 nitrogen and oxygen atoms in total. The molecule has 26 heavy (non-hydrogen) atoms. The van der Waals surface area contributed by atoms with E-state index in [2.05, 4.69) is 20.6 Å². The van der Waals surface area contributed by atoms with Crippen molar-refractivity contribution in [2.45, 2.75) is 51.8 Å². The fraction of sp³-hybridized carbons (Fsp3) is 0.562. The van der Waals surface area contributed by atoms with Gasteiger partial charge in [0.25, 0.3) is 5.91 Å². The zero-order chi connectivity index (χ0) is 19.9. The molecular weight excluding hydrogens is 347 g/mol. The topological polar surface area (TPSA) is 130 Å². The number of hydrogen-bond donors (Lipinski definition) is 3. The van der Waals surface area contributed by atoms with Gasteiger partial charge in [-0.3, -0.25) is 19.2 Å². The number of nitrogens with one attached hydrogen (secondary N) is 3. The van der Waals surface area contributed by atoms with E-state index in [-0.39, 0.29) is 5.82 Å². The highest BCUT2D eigenvalue weighted by atomic mass is 19.1. The van der Waals surface area contributed by atoms with Crippen LogP contribution in [0.3, 0.4) is 0 Å². The largest absolute Gasteiger partial charge is 0.460 e. The molecule has 144 valence electrons. The number of alkyl halides is 1. The number of imidazole rings is 1. The van der Waals surface area contributed by atoms with Crippen LogP contribution in [0.1, 0.15) is 44.7 Å². The van der Waals surface area contributed by atoms with Crippen LogP contribution in [0.5, 0.6) is 0 Å². The van der Waals surface area contributed by atoms with Crippen LogP contribution in [-0.2, 0) is 19.1 Å². The van der Waals surface area contributed by atoms with E-state index < -0.39 is 54.3 Å². The molecule has 0 aliphatic carbocycles. The number of amides is 2. The van der Waals surface area contributed by atoms with Crippen molar-refractivity contribution in [3.05, 3.63) is 18.2 Å². The molecule has 1 heterocycles. The Kier molecular flexibility index (Phi) is 7.41. The number of aromatic nitrogens is 2. The molecule has 0 aliphatic heterocycles. The van der Waals surface area contributed by atoms with E-state index >= 15 is 0 Å². The number of halogens is 1. The number of ketones is 1. The Balaban J connectivity index is 2.68. The molecule has 2 amide bonds. The van der Waals surface area contributed by atoms with Crippen molar-refractivity contribution in [3.8, 4) is 0 Å². The summed E-state index contributed by atoms with van der Waals surface area (Å²) in [6.07, 6.45) is 2.30. The maximum Gasteiger partial charge on any atom is 0.308 e. The van der Waals surface area contributed by atoms with Gasteiger partial charge in [0.15, 0.2) is 11.6 Å². The standard InChI is InChI=1S/C16H23FN4O5/c1-9(20-15(25)13-18-5-6-19-13)14(24)21-10(11(22)8-17)7-12(23)26-16(2,3)4/h5-6,9-10H,7-8H2,1-4H3,(H,18,19)(H,20,25)(H,21,24)/t9-,10-/m0/s1. The third-order valence-electron chi connectivity index (χ3n) is 3.08. The van der Waals surface area contributed by atoms with Gasteiger partial charge in [-0.25, -0.2) is 9.37 Å². The average Bonchev–Trinajstić information content (AvgIpc) is 3.05. The summed E-state index contributed by atoms with van der Waals surface area (Å²) in [7, 11) is 0. The molecule has 0 fully saturated rings. The van der Waals surface area contributed by atoms with Gasteiger partial charge in [-0.15, -0.1) is 0 Å². The second kappa shape index (κ2) is 9.07. The highest BCUT2D eigenvalue weighted by Gasteiger charge is 2.28. The summed E-state index contributed by atoms with van der Waals surface area (Å²) in [6.45, 7) is 4.95. The first kappa shape index (κ1) is 21.3. The minimum absolute atomic E-state index is 0.00906. The average molecular weight is 370 g/mol. The SMILES string of the molecule is C[C@H](NC(=O)c1ncc[nH]1)C(=O)N[C@@H](CC(=O)OC(C)(C)C)C(=O)CF. The van der Waals surface area contributed by atoms with E-state index in [0.717, 1.165) is 0 Å². The Morgan fingerprint density at radius 1 is 1.27 bits per heavy atom. The predicted octanol–water partition coefficient (Wildman–Crippen LogP) is 0.283. The van der Waals surface area contributed by atoms with E-state index in [1.54, 1.807) is 20.8 Å². The van der Waals surface area contributed by atoms with Gasteiger partial charge >= 0.3 is 5.97 Å². The van der Waals surface area contributed by atoms with E-state index in [0.29, 0.717) is 0 Å². The normalized spacial score (nSPS) is 13.4. The summed E-state index contributed by atoms with van der Waals surface area (Å²) in [6, 6.07) is -2.42. The zero-order valence-corrected chi connectivity index (χ0v) is 15.1. The number of carbonyl (C=O) groups excluding carboxylic acids is 4. The lowest BCUT2D eigenvalue weighted by Crippen LogP contribution is -2.51. The van der Waals surface area contributed by atoms with Crippen LogP contribution in [0.25, 0.3) is 0 Å². The number of H-pyrrole nitrogens is 1. The number of carbonyl (C=O) groups is 4. The lowest BCUT2D eigenvalue weighted by molar-refractivity contribution is -0.156. The van der Waals surface area contributed by atoms with Gasteiger partial charge < -0.3 is 20.4 Å². The van der Waals surface area contributed by atoms with Crippen molar-refractivity contribution in [3.63, 3.8) is 0 Å². The van der Waals surface area contributed by atoms with E-state index in [1.807, 2.05) is 0 Å². The molecule has 0 radical (unpaired) electrons. The maximum absolute atomic E-state index is 12.7. The number of Topliss-reactive ketones (excluding diaryl/α,β-unsaturated/α-hetero) is 1. The van der Waals surface area contributed by atoms with Gasteiger partial charge in [-0.2, -0.15) is 0 Å². The maximum atomic E-state index is 12.7. The Morgan fingerprint density at radius 2 is 1.92 bits per heavy atom. The van der Waals surface area contributed by atoms with Crippen molar-refractivity contribution in [2.24, 2.45) is 0 Å². The number of ether oxygens (including phenoxy) is 1. The molecule has 10 heteroatoms. The highest BCUT2D eigenvalue weighted by molar-refractivity contribution is 5.97. The first-order chi connectivity index (χ1) is 12.0. The van der Waals surface area contributed by atoms with Crippen LogP contribution in [0.4, 0.5) is 4.39 Å². The van der Waals surface area contributed by atoms with Crippen LogP contribution in [0.2, 0.25) is 0 Å². The molecule has 3 N–H and O–H groups in total. The number of esters is 1. The molecule has 1 rings (SSSR count). The van der Waals surface area contributed by atoms with E-state index in [9.17, 15) is 23.6 Å². The summed E-state index contributed by atoms with van der Waals surface area (Å²) < 4.78 is 17.8. The Bertz CT molecular complexity index is 654. The molecule has 0 spiro atoms. The third kappa shape index (κ3) is 6.99. The van der Waals surface area contributed by atoms with Crippen molar-refractivity contribution < 1.29 is 28.3 Å². The molecular formula is C16H23FN4O5. The Labute approximate surface area is 150 Å². The smallest absolute Gasteiger partial charge is 0.308 e. The lowest BCUT2D eigenvalue weighted by Gasteiger charge is -2.23. The highest BCUT2D eigenvalue weighted by Crippen LogP contribution is 2.10. The van der Waals surface area contributed by atoms with Gasteiger partial charge in [-0.05, 0) is 27.7 Å². The Hall–Kier alpha value is -2.78. The van der Waals surface area contributed by atoms with Crippen LogP contribution in [-0.4, -0.2) is 57.9 Å². The number of hydrogen-bond acceptors (Lipinski definition) is 6. The third-order valence-corrected chi connectivity index (χ3v) is 3.08. The van der Waals surface area contributed by atoms with E-state index in [1.165, 1.54) is 19.3 Å². The number of aromatic amines is 1. The summed E-state index contributed by atoms with van der Waals surface area (Å²) >= 11 is 0. The van der Waals surface area contributed by atoms with Gasteiger partial charge in [0.2, 0.25) is 5.91 Å². The van der Waals surface area contributed by atoms with Crippen LogP contribution in [0.15, 0.2) is 12.4 Å². The van der Waals surface area contributed by atoms with Crippen molar-refractivity contribution >= 4 is 23.6 Å². The summed E-state index contributed by atoms with van der Waals surface area (Å²) in [4.78, 5) is 53.8. The van der Waals surface area contributed by atoms with Crippen molar-refractivity contribution in [2.75, 3.05) is 6.67 Å². The van der Waals surface area contributed by atoms with Gasteiger partial charge in [0, 0.05) is 12.4 Å². The second-order valence-corrected chi connectivity index (χ2v) is 6.58. The predicted molar refractivity (Wildman–Crippen MR) is 88.9 cm³/mol. The van der Waals surface area contributed by atoms with Gasteiger partial charge in [0.1, 0.15) is 24.4 Å². The minimum atomic E-state index is -1.38. The minimum Gasteiger partial charge on any atom is -0.460 e. The molecule has 0 unspecified atom stereocenters. The van der Waals surface area contributed by atoms with Gasteiger partial charge in [0.05, 0.1) is 6.42 Å². The second-order valence-electron chi connectivity index (χ2n) is 6.58. The fourth-order valence-electron chi connectivity index (χ4n) is 1.91. The quantitative estimate of drug-likeness (QED) is 0.564.